The van der Waals surface area contributed by atoms with Crippen molar-refractivity contribution in [2.24, 2.45) is 11.8 Å². The number of carboxylic acids is 1. The molecule has 0 spiro atoms. The number of hydrogen-bond donors (Lipinski definition) is 2. The molecule has 1 aromatic carbocycles. The summed E-state index contributed by atoms with van der Waals surface area (Å²) in [7, 11) is 0. The number of carboxylic acid groups (broad SMARTS) is 1. The average Bonchev–Trinajstić information content (AvgIpc) is 2.36. The van der Waals surface area contributed by atoms with Gasteiger partial charge in [0.25, 0.3) is 0 Å². The van der Waals surface area contributed by atoms with Gasteiger partial charge in [0.15, 0.2) is 0 Å². The van der Waals surface area contributed by atoms with Crippen LogP contribution in [0.4, 0.5) is 0 Å². The van der Waals surface area contributed by atoms with Gasteiger partial charge in [-0.05, 0) is 28.9 Å². The van der Waals surface area contributed by atoms with E-state index in [-0.39, 0.29) is 11.3 Å². The minimum atomic E-state index is -0.709. The lowest BCUT2D eigenvalue weighted by Gasteiger charge is -2.19. The second-order valence-corrected chi connectivity index (χ2v) is 7.24. The van der Waals surface area contributed by atoms with Crippen molar-refractivity contribution in [3.8, 4) is 0 Å². The first-order valence-electron chi connectivity index (χ1n) is 7.73. The third-order valence-corrected chi connectivity index (χ3v) is 3.64. The van der Waals surface area contributed by atoms with Crippen molar-refractivity contribution in [2.45, 2.75) is 53.0 Å². The highest BCUT2D eigenvalue weighted by Gasteiger charge is 2.18. The van der Waals surface area contributed by atoms with Crippen LogP contribution >= 0.6 is 0 Å². The first-order chi connectivity index (χ1) is 9.70. The lowest BCUT2D eigenvalue weighted by atomic mass is 9.87. The van der Waals surface area contributed by atoms with E-state index >= 15 is 0 Å². The Hall–Kier alpha value is -1.35. The predicted octanol–water partition coefficient (Wildman–Crippen LogP) is 3.82. The van der Waals surface area contributed by atoms with E-state index in [4.69, 9.17) is 0 Å². The number of nitrogens with one attached hydrogen (secondary N) is 1. The average molecular weight is 291 g/mol. The molecule has 0 amide bonds. The van der Waals surface area contributed by atoms with Gasteiger partial charge in [-0.3, -0.25) is 4.79 Å². The van der Waals surface area contributed by atoms with Crippen molar-refractivity contribution in [1.29, 1.82) is 0 Å². The van der Waals surface area contributed by atoms with E-state index in [1.807, 2.05) is 0 Å². The molecule has 0 fully saturated rings. The SMILES string of the molecule is CC(C)CC(CNCc1ccc(C(C)(C)C)cc1)C(=O)O. The number of benzene rings is 1. The van der Waals surface area contributed by atoms with Crippen LogP contribution in [0.3, 0.4) is 0 Å². The van der Waals surface area contributed by atoms with Gasteiger partial charge in [-0.15, -0.1) is 0 Å². The lowest BCUT2D eigenvalue weighted by Crippen LogP contribution is -2.29. The summed E-state index contributed by atoms with van der Waals surface area (Å²) in [6.45, 7) is 11.9. The van der Waals surface area contributed by atoms with E-state index < -0.39 is 5.97 Å². The maximum atomic E-state index is 11.2. The number of aliphatic carboxylic acids is 1. The van der Waals surface area contributed by atoms with Crippen LogP contribution in [0.2, 0.25) is 0 Å². The minimum Gasteiger partial charge on any atom is -0.481 e. The predicted molar refractivity (Wildman–Crippen MR) is 87.4 cm³/mol. The van der Waals surface area contributed by atoms with Gasteiger partial charge in [0, 0.05) is 13.1 Å². The summed E-state index contributed by atoms with van der Waals surface area (Å²) in [5, 5.41) is 12.5. The minimum absolute atomic E-state index is 0.164. The Morgan fingerprint density at radius 2 is 1.76 bits per heavy atom. The molecule has 21 heavy (non-hydrogen) atoms. The van der Waals surface area contributed by atoms with Gasteiger partial charge in [-0.2, -0.15) is 0 Å². The van der Waals surface area contributed by atoms with Crippen LogP contribution in [0.25, 0.3) is 0 Å². The van der Waals surface area contributed by atoms with Gasteiger partial charge in [0.2, 0.25) is 0 Å². The van der Waals surface area contributed by atoms with E-state index in [0.29, 0.717) is 25.4 Å². The molecule has 3 heteroatoms. The molecule has 0 heterocycles. The summed E-state index contributed by atoms with van der Waals surface area (Å²) in [5.74, 6) is -0.614. The van der Waals surface area contributed by atoms with Crippen LogP contribution in [0, 0.1) is 11.8 Å². The van der Waals surface area contributed by atoms with E-state index in [1.54, 1.807) is 0 Å². The molecule has 0 radical (unpaired) electrons. The molecule has 0 aliphatic heterocycles. The topological polar surface area (TPSA) is 49.3 Å². The Morgan fingerprint density at radius 3 is 2.19 bits per heavy atom. The number of rotatable bonds is 7. The molecule has 1 rings (SSSR count). The first-order valence-corrected chi connectivity index (χ1v) is 7.73. The highest BCUT2D eigenvalue weighted by atomic mass is 16.4. The highest BCUT2D eigenvalue weighted by Crippen LogP contribution is 2.22. The van der Waals surface area contributed by atoms with Gasteiger partial charge in [0.05, 0.1) is 5.92 Å². The fraction of sp³-hybridized carbons (Fsp3) is 0.611. The molecule has 0 saturated heterocycles. The van der Waals surface area contributed by atoms with Crippen molar-refractivity contribution in [1.82, 2.24) is 5.32 Å². The summed E-state index contributed by atoms with van der Waals surface area (Å²) in [6, 6.07) is 8.54. The van der Waals surface area contributed by atoms with Gasteiger partial charge in [-0.1, -0.05) is 58.9 Å². The smallest absolute Gasteiger partial charge is 0.307 e. The fourth-order valence-electron chi connectivity index (χ4n) is 2.35. The van der Waals surface area contributed by atoms with Crippen molar-refractivity contribution < 1.29 is 9.90 Å². The third-order valence-electron chi connectivity index (χ3n) is 3.64. The first kappa shape index (κ1) is 17.7. The van der Waals surface area contributed by atoms with E-state index in [2.05, 4.69) is 64.2 Å². The van der Waals surface area contributed by atoms with Crippen LogP contribution < -0.4 is 5.32 Å². The Bertz CT molecular complexity index is 443. The van der Waals surface area contributed by atoms with Crippen LogP contribution in [0.1, 0.15) is 52.2 Å². The fourth-order valence-corrected chi connectivity index (χ4v) is 2.35. The van der Waals surface area contributed by atoms with Crippen LogP contribution in [0.15, 0.2) is 24.3 Å². The summed E-state index contributed by atoms with van der Waals surface area (Å²) >= 11 is 0. The summed E-state index contributed by atoms with van der Waals surface area (Å²) in [6.07, 6.45) is 0.714. The zero-order chi connectivity index (χ0) is 16.0. The van der Waals surface area contributed by atoms with Gasteiger partial charge >= 0.3 is 5.97 Å². The zero-order valence-corrected chi connectivity index (χ0v) is 13.9. The van der Waals surface area contributed by atoms with Crippen LogP contribution in [0.5, 0.6) is 0 Å². The highest BCUT2D eigenvalue weighted by molar-refractivity contribution is 5.70. The van der Waals surface area contributed by atoms with Crippen molar-refractivity contribution in [2.75, 3.05) is 6.54 Å². The second kappa shape index (κ2) is 7.60. The molecule has 1 atom stereocenters. The normalized spacial score (nSPS) is 13.4. The molecule has 0 aliphatic rings. The summed E-state index contributed by atoms with van der Waals surface area (Å²) < 4.78 is 0. The monoisotopic (exact) mass is 291 g/mol. The number of carbonyl (C=O) groups is 1. The Kier molecular flexibility index (Phi) is 6.41. The van der Waals surface area contributed by atoms with Crippen molar-refractivity contribution in [3.63, 3.8) is 0 Å². The molecular weight excluding hydrogens is 262 g/mol. The van der Waals surface area contributed by atoms with Gasteiger partial charge < -0.3 is 10.4 Å². The quantitative estimate of drug-likeness (QED) is 0.803. The standard InChI is InChI=1S/C18H29NO2/c1-13(2)10-15(17(20)21)12-19-11-14-6-8-16(9-7-14)18(3,4)5/h6-9,13,15,19H,10-12H2,1-5H3,(H,20,21). The summed E-state index contributed by atoms with van der Waals surface area (Å²) in [4.78, 5) is 11.2. The molecule has 3 nitrogen and oxygen atoms in total. The molecule has 0 aromatic heterocycles. The molecule has 1 aromatic rings. The van der Waals surface area contributed by atoms with Crippen molar-refractivity contribution in [3.05, 3.63) is 35.4 Å². The van der Waals surface area contributed by atoms with Crippen molar-refractivity contribution >= 4 is 5.97 Å². The molecule has 0 aliphatic carbocycles. The largest absolute Gasteiger partial charge is 0.481 e. The number of hydrogen-bond acceptors (Lipinski definition) is 2. The third kappa shape index (κ3) is 6.30. The van der Waals surface area contributed by atoms with E-state index in [1.165, 1.54) is 11.1 Å². The van der Waals surface area contributed by atoms with Gasteiger partial charge in [-0.25, -0.2) is 0 Å². The van der Waals surface area contributed by atoms with E-state index in [0.717, 1.165) is 0 Å². The molecular formula is C18H29NO2. The lowest BCUT2D eigenvalue weighted by molar-refractivity contribution is -0.142. The molecule has 118 valence electrons. The maximum Gasteiger partial charge on any atom is 0.307 e. The Labute approximate surface area is 128 Å². The molecule has 1 unspecified atom stereocenters. The van der Waals surface area contributed by atoms with Crippen LogP contribution in [-0.2, 0) is 16.8 Å². The maximum absolute atomic E-state index is 11.2. The van der Waals surface area contributed by atoms with Gasteiger partial charge in [0.1, 0.15) is 0 Å². The zero-order valence-electron chi connectivity index (χ0n) is 13.9. The van der Waals surface area contributed by atoms with E-state index in [9.17, 15) is 9.90 Å². The molecule has 0 saturated carbocycles. The Balaban J connectivity index is 2.50. The second-order valence-electron chi connectivity index (χ2n) is 7.24. The van der Waals surface area contributed by atoms with Crippen LogP contribution in [-0.4, -0.2) is 17.6 Å². The molecule has 2 N–H and O–H groups in total. The molecule has 0 bridgehead atoms. The Morgan fingerprint density at radius 1 is 1.19 bits per heavy atom. The summed E-state index contributed by atoms with van der Waals surface area (Å²) in [5.41, 5.74) is 2.67.